The summed E-state index contributed by atoms with van der Waals surface area (Å²) in [6.07, 6.45) is 8.65. The monoisotopic (exact) mass is 225 g/mol. The molecule has 2 aliphatic rings. The van der Waals surface area contributed by atoms with E-state index in [0.717, 1.165) is 12.8 Å². The number of rotatable bonds is 3. The van der Waals surface area contributed by atoms with E-state index in [1.807, 2.05) is 0 Å². The topological polar surface area (TPSA) is 23.5 Å². The molecular weight excluding hydrogens is 198 g/mol. The molecule has 2 atom stereocenters. The third-order valence-electron chi connectivity index (χ3n) is 5.25. The second kappa shape index (κ2) is 5.05. The smallest absolute Gasteiger partial charge is 0.0555 e. The van der Waals surface area contributed by atoms with E-state index in [4.69, 9.17) is 0 Å². The summed E-state index contributed by atoms with van der Waals surface area (Å²) < 4.78 is 0. The second-order valence-electron chi connectivity index (χ2n) is 5.86. The summed E-state index contributed by atoms with van der Waals surface area (Å²) in [5.41, 5.74) is 0.633. The largest absolute Gasteiger partial charge is 0.393 e. The average Bonchev–Trinajstić information content (AvgIpc) is 2.76. The molecule has 16 heavy (non-hydrogen) atoms. The molecule has 0 aromatic heterocycles. The zero-order chi connectivity index (χ0) is 11.6. The van der Waals surface area contributed by atoms with Crippen molar-refractivity contribution in [3.63, 3.8) is 0 Å². The molecule has 2 rings (SSSR count). The van der Waals surface area contributed by atoms with E-state index in [2.05, 4.69) is 18.7 Å². The lowest BCUT2D eigenvalue weighted by Gasteiger charge is -2.43. The van der Waals surface area contributed by atoms with E-state index in [9.17, 15) is 5.11 Å². The van der Waals surface area contributed by atoms with Gasteiger partial charge in [0.05, 0.1) is 6.10 Å². The van der Waals surface area contributed by atoms with Crippen molar-refractivity contribution >= 4 is 0 Å². The Kier molecular flexibility index (Phi) is 3.91. The Balaban J connectivity index is 1.85. The molecule has 0 amide bonds. The lowest BCUT2D eigenvalue weighted by molar-refractivity contribution is 0.0623. The van der Waals surface area contributed by atoms with E-state index in [1.54, 1.807) is 0 Å². The standard InChI is InChI=1S/C14H27NO/c1-3-14(4-2)7-9-15(10-8-14)12-5-6-13(16)11-12/h12-13,16H,3-11H2,1-2H3. The second-order valence-corrected chi connectivity index (χ2v) is 5.86. The van der Waals surface area contributed by atoms with Crippen LogP contribution in [0, 0.1) is 5.41 Å². The number of hydrogen-bond acceptors (Lipinski definition) is 2. The molecule has 2 nitrogen and oxygen atoms in total. The maximum atomic E-state index is 9.60. The predicted octanol–water partition coefficient (Wildman–Crippen LogP) is 2.80. The van der Waals surface area contributed by atoms with Crippen LogP contribution >= 0.6 is 0 Å². The normalized spacial score (nSPS) is 35.4. The Morgan fingerprint density at radius 1 is 1.12 bits per heavy atom. The van der Waals surface area contributed by atoms with Gasteiger partial charge in [0.1, 0.15) is 0 Å². The molecule has 1 aliphatic heterocycles. The van der Waals surface area contributed by atoms with Crippen molar-refractivity contribution in [1.82, 2.24) is 4.90 Å². The summed E-state index contributed by atoms with van der Waals surface area (Å²) in [6.45, 7) is 7.22. The van der Waals surface area contributed by atoms with Crippen LogP contribution in [-0.2, 0) is 0 Å². The lowest BCUT2D eigenvalue weighted by atomic mass is 9.74. The van der Waals surface area contributed by atoms with Gasteiger partial charge in [0.15, 0.2) is 0 Å². The van der Waals surface area contributed by atoms with Gasteiger partial charge in [0.25, 0.3) is 0 Å². The molecule has 2 unspecified atom stereocenters. The Morgan fingerprint density at radius 3 is 2.19 bits per heavy atom. The fourth-order valence-electron chi connectivity index (χ4n) is 3.59. The van der Waals surface area contributed by atoms with Gasteiger partial charge in [0.2, 0.25) is 0 Å². The summed E-state index contributed by atoms with van der Waals surface area (Å²) in [4.78, 5) is 2.64. The summed E-state index contributed by atoms with van der Waals surface area (Å²) in [5, 5.41) is 9.60. The maximum Gasteiger partial charge on any atom is 0.0555 e. The number of piperidine rings is 1. The van der Waals surface area contributed by atoms with Crippen LogP contribution < -0.4 is 0 Å². The number of nitrogens with zero attached hydrogens (tertiary/aromatic N) is 1. The zero-order valence-corrected chi connectivity index (χ0v) is 10.9. The molecular formula is C14H27NO. The summed E-state index contributed by atoms with van der Waals surface area (Å²) in [5.74, 6) is 0. The molecule has 0 spiro atoms. The van der Waals surface area contributed by atoms with Crippen molar-refractivity contribution in [2.24, 2.45) is 5.41 Å². The fraction of sp³-hybridized carbons (Fsp3) is 1.00. The third-order valence-corrected chi connectivity index (χ3v) is 5.25. The predicted molar refractivity (Wildman–Crippen MR) is 67.5 cm³/mol. The molecule has 1 saturated carbocycles. The molecule has 1 saturated heterocycles. The van der Waals surface area contributed by atoms with Crippen LogP contribution in [0.3, 0.4) is 0 Å². The van der Waals surface area contributed by atoms with Gasteiger partial charge in [-0.25, -0.2) is 0 Å². The molecule has 0 aromatic rings. The van der Waals surface area contributed by atoms with Crippen molar-refractivity contribution < 1.29 is 5.11 Å². The van der Waals surface area contributed by atoms with Crippen LogP contribution in [0.1, 0.15) is 58.8 Å². The molecule has 0 radical (unpaired) electrons. The number of aliphatic hydroxyl groups is 1. The van der Waals surface area contributed by atoms with Gasteiger partial charge in [-0.1, -0.05) is 26.7 Å². The van der Waals surface area contributed by atoms with Gasteiger partial charge < -0.3 is 10.0 Å². The Morgan fingerprint density at radius 2 is 1.75 bits per heavy atom. The van der Waals surface area contributed by atoms with E-state index in [1.165, 1.54) is 45.2 Å². The first-order valence-electron chi connectivity index (χ1n) is 7.11. The molecule has 1 N–H and O–H groups in total. The molecule has 0 bridgehead atoms. The van der Waals surface area contributed by atoms with Crippen LogP contribution in [0.2, 0.25) is 0 Å². The molecule has 2 heteroatoms. The van der Waals surface area contributed by atoms with E-state index in [0.29, 0.717) is 11.5 Å². The highest BCUT2D eigenvalue weighted by Gasteiger charge is 2.35. The summed E-state index contributed by atoms with van der Waals surface area (Å²) in [7, 11) is 0. The van der Waals surface area contributed by atoms with Gasteiger partial charge in [-0.05, 0) is 50.6 Å². The SMILES string of the molecule is CCC1(CC)CCN(C2CCC(O)C2)CC1. The van der Waals surface area contributed by atoms with Crippen molar-refractivity contribution in [2.75, 3.05) is 13.1 Å². The number of hydrogen-bond donors (Lipinski definition) is 1. The van der Waals surface area contributed by atoms with Crippen LogP contribution in [0.5, 0.6) is 0 Å². The Bertz CT molecular complexity index is 215. The summed E-state index contributed by atoms with van der Waals surface area (Å²) in [6, 6.07) is 0.682. The van der Waals surface area contributed by atoms with Gasteiger partial charge in [-0.3, -0.25) is 0 Å². The quantitative estimate of drug-likeness (QED) is 0.798. The van der Waals surface area contributed by atoms with Crippen LogP contribution in [0.25, 0.3) is 0 Å². The highest BCUT2D eigenvalue weighted by molar-refractivity contribution is 4.89. The molecule has 1 aliphatic carbocycles. The van der Waals surface area contributed by atoms with Crippen LogP contribution in [-0.4, -0.2) is 35.2 Å². The summed E-state index contributed by atoms with van der Waals surface area (Å²) >= 11 is 0. The van der Waals surface area contributed by atoms with E-state index >= 15 is 0 Å². The van der Waals surface area contributed by atoms with Crippen LogP contribution in [0.4, 0.5) is 0 Å². The Labute approximate surface area is 100 Å². The minimum absolute atomic E-state index is 0.0194. The minimum Gasteiger partial charge on any atom is -0.393 e. The van der Waals surface area contributed by atoms with Gasteiger partial charge >= 0.3 is 0 Å². The number of likely N-dealkylation sites (tertiary alicyclic amines) is 1. The first-order chi connectivity index (χ1) is 7.69. The first kappa shape index (κ1) is 12.4. The van der Waals surface area contributed by atoms with Crippen molar-refractivity contribution in [3.05, 3.63) is 0 Å². The van der Waals surface area contributed by atoms with Crippen molar-refractivity contribution in [3.8, 4) is 0 Å². The highest BCUT2D eigenvalue weighted by atomic mass is 16.3. The van der Waals surface area contributed by atoms with Crippen LogP contribution in [0.15, 0.2) is 0 Å². The van der Waals surface area contributed by atoms with E-state index in [-0.39, 0.29) is 6.10 Å². The maximum absolute atomic E-state index is 9.60. The average molecular weight is 225 g/mol. The molecule has 0 aromatic carbocycles. The highest BCUT2D eigenvalue weighted by Crippen LogP contribution is 2.39. The molecule has 2 fully saturated rings. The van der Waals surface area contributed by atoms with E-state index < -0.39 is 0 Å². The lowest BCUT2D eigenvalue weighted by Crippen LogP contribution is -2.44. The molecule has 94 valence electrons. The zero-order valence-electron chi connectivity index (χ0n) is 10.9. The third kappa shape index (κ3) is 2.43. The molecule has 1 heterocycles. The minimum atomic E-state index is -0.0194. The van der Waals surface area contributed by atoms with Crippen molar-refractivity contribution in [2.45, 2.75) is 70.9 Å². The van der Waals surface area contributed by atoms with Gasteiger partial charge in [0, 0.05) is 6.04 Å². The van der Waals surface area contributed by atoms with Gasteiger partial charge in [-0.15, -0.1) is 0 Å². The number of aliphatic hydroxyl groups excluding tert-OH is 1. The fourth-order valence-corrected chi connectivity index (χ4v) is 3.59. The van der Waals surface area contributed by atoms with Crippen molar-refractivity contribution in [1.29, 1.82) is 0 Å². The van der Waals surface area contributed by atoms with Gasteiger partial charge in [-0.2, -0.15) is 0 Å². The first-order valence-corrected chi connectivity index (χ1v) is 7.11. The Hall–Kier alpha value is -0.0800.